The van der Waals surface area contributed by atoms with Crippen molar-refractivity contribution in [3.05, 3.63) is 72.3 Å². The van der Waals surface area contributed by atoms with Crippen LogP contribution in [0.25, 0.3) is 10.8 Å². The van der Waals surface area contributed by atoms with E-state index in [1.807, 2.05) is 42.5 Å². The fourth-order valence-corrected chi connectivity index (χ4v) is 3.69. The molecule has 3 aromatic rings. The van der Waals surface area contributed by atoms with Crippen LogP contribution in [-0.4, -0.2) is 61.4 Å². The number of fused-ring (bicyclic) bond motifs is 1. The van der Waals surface area contributed by atoms with E-state index in [0.29, 0.717) is 17.8 Å². The molecule has 2 amide bonds. The molecule has 0 aliphatic carbocycles. The number of nitrogens with one attached hydrogen (secondary N) is 2. The van der Waals surface area contributed by atoms with Crippen LogP contribution in [-0.2, 0) is 0 Å². The number of ketones is 1. The van der Waals surface area contributed by atoms with Gasteiger partial charge in [0, 0.05) is 42.8 Å². The lowest BCUT2D eigenvalue weighted by Crippen LogP contribution is -2.46. The second-order valence-corrected chi connectivity index (χ2v) is 7.69. The number of rotatable bonds is 5. The molecule has 1 fully saturated rings. The fourth-order valence-electron chi connectivity index (χ4n) is 3.69. The number of carbonyl (C=O) groups excluding carboxylic acids is 2. The summed E-state index contributed by atoms with van der Waals surface area (Å²) in [6.45, 7) is 4.15. The normalized spacial score (nSPS) is 15.1. The molecule has 0 saturated carbocycles. The van der Waals surface area contributed by atoms with Gasteiger partial charge in [-0.2, -0.15) is 0 Å². The quantitative estimate of drug-likeness (QED) is 0.635. The molecule has 0 aromatic heterocycles. The highest BCUT2D eigenvalue weighted by molar-refractivity contribution is 6.06. The van der Waals surface area contributed by atoms with E-state index in [2.05, 4.69) is 27.5 Å². The van der Waals surface area contributed by atoms with Gasteiger partial charge in [-0.05, 0) is 30.6 Å². The summed E-state index contributed by atoms with van der Waals surface area (Å²) in [6.07, 6.45) is 0. The Hall–Kier alpha value is -3.22. The molecule has 2 N–H and O–H groups in total. The molecule has 0 radical (unpaired) electrons. The lowest BCUT2D eigenvalue weighted by Gasteiger charge is -2.31. The van der Waals surface area contributed by atoms with Crippen molar-refractivity contribution in [2.24, 2.45) is 0 Å². The van der Waals surface area contributed by atoms with Crippen LogP contribution in [0.4, 0.5) is 16.2 Å². The zero-order valence-corrected chi connectivity index (χ0v) is 17.1. The molecule has 1 aliphatic heterocycles. The Morgan fingerprint density at radius 2 is 1.60 bits per heavy atom. The number of amides is 2. The number of carbonyl (C=O) groups is 2. The number of hydrogen-bond acceptors (Lipinski definition) is 4. The van der Waals surface area contributed by atoms with Gasteiger partial charge in [0.2, 0.25) is 0 Å². The van der Waals surface area contributed by atoms with E-state index < -0.39 is 0 Å². The van der Waals surface area contributed by atoms with E-state index >= 15 is 0 Å². The van der Waals surface area contributed by atoms with Crippen molar-refractivity contribution in [1.29, 1.82) is 0 Å². The van der Waals surface area contributed by atoms with E-state index in [9.17, 15) is 9.59 Å². The zero-order chi connectivity index (χ0) is 20.9. The molecule has 6 nitrogen and oxygen atoms in total. The van der Waals surface area contributed by atoms with E-state index in [1.165, 1.54) is 0 Å². The summed E-state index contributed by atoms with van der Waals surface area (Å²) in [5, 5.41) is 7.78. The summed E-state index contributed by atoms with van der Waals surface area (Å²) in [6, 6.07) is 20.5. The molecular weight excluding hydrogens is 376 g/mol. The molecule has 0 bridgehead atoms. The lowest BCUT2D eigenvalue weighted by atomic mass is 10.1. The molecule has 1 heterocycles. The Morgan fingerprint density at radius 3 is 2.43 bits per heavy atom. The van der Waals surface area contributed by atoms with Crippen LogP contribution < -0.4 is 10.6 Å². The molecule has 1 aliphatic rings. The van der Waals surface area contributed by atoms with Crippen LogP contribution in [0.1, 0.15) is 10.4 Å². The zero-order valence-electron chi connectivity index (χ0n) is 17.1. The van der Waals surface area contributed by atoms with E-state index in [0.717, 1.165) is 42.6 Å². The minimum atomic E-state index is -0.338. The molecular formula is C24H26N4O2. The molecule has 3 aromatic carbocycles. The molecule has 0 atom stereocenters. The van der Waals surface area contributed by atoms with Gasteiger partial charge >= 0.3 is 6.03 Å². The van der Waals surface area contributed by atoms with Crippen molar-refractivity contribution in [2.45, 2.75) is 0 Å². The number of nitrogens with zero attached hydrogens (tertiary/aromatic N) is 2. The minimum Gasteiger partial charge on any atom is -0.308 e. The number of likely N-dealkylation sites (N-methyl/N-ethyl adjacent to an activating group) is 1. The van der Waals surface area contributed by atoms with E-state index in [4.69, 9.17) is 0 Å². The average Bonchev–Trinajstić information content (AvgIpc) is 2.76. The third-order valence-corrected chi connectivity index (χ3v) is 5.44. The number of hydrogen-bond donors (Lipinski definition) is 2. The summed E-state index contributed by atoms with van der Waals surface area (Å²) in [5.41, 5.74) is 1.95. The summed E-state index contributed by atoms with van der Waals surface area (Å²) < 4.78 is 0. The second-order valence-electron chi connectivity index (χ2n) is 7.69. The van der Waals surface area contributed by atoms with Gasteiger partial charge in [0.15, 0.2) is 5.78 Å². The summed E-state index contributed by atoms with van der Waals surface area (Å²) in [4.78, 5) is 29.7. The van der Waals surface area contributed by atoms with Gasteiger partial charge in [-0.3, -0.25) is 9.69 Å². The van der Waals surface area contributed by atoms with Crippen molar-refractivity contribution in [3.8, 4) is 0 Å². The smallest absolute Gasteiger partial charge is 0.308 e. The second kappa shape index (κ2) is 9.07. The summed E-state index contributed by atoms with van der Waals surface area (Å²) in [7, 11) is 2.09. The monoisotopic (exact) mass is 402 g/mol. The predicted molar refractivity (Wildman–Crippen MR) is 121 cm³/mol. The minimum absolute atomic E-state index is 0.0673. The Bertz CT molecular complexity index is 1050. The van der Waals surface area contributed by atoms with Gasteiger partial charge in [0.25, 0.3) is 0 Å². The van der Waals surface area contributed by atoms with Gasteiger partial charge < -0.3 is 15.5 Å². The van der Waals surface area contributed by atoms with Crippen molar-refractivity contribution < 1.29 is 9.59 Å². The molecule has 154 valence electrons. The Morgan fingerprint density at radius 1 is 0.867 bits per heavy atom. The van der Waals surface area contributed by atoms with Crippen LogP contribution in [0.5, 0.6) is 0 Å². The first-order valence-corrected chi connectivity index (χ1v) is 10.2. The van der Waals surface area contributed by atoms with Crippen molar-refractivity contribution in [2.75, 3.05) is 50.4 Å². The Kier molecular flexibility index (Phi) is 6.07. The van der Waals surface area contributed by atoms with Crippen LogP contribution in [0.3, 0.4) is 0 Å². The van der Waals surface area contributed by atoms with Gasteiger partial charge in [0.1, 0.15) is 0 Å². The van der Waals surface area contributed by atoms with Gasteiger partial charge in [0.05, 0.1) is 12.2 Å². The third kappa shape index (κ3) is 4.84. The van der Waals surface area contributed by atoms with E-state index in [-0.39, 0.29) is 11.8 Å². The molecule has 1 saturated heterocycles. The van der Waals surface area contributed by atoms with Crippen LogP contribution in [0.15, 0.2) is 66.7 Å². The highest BCUT2D eigenvalue weighted by atomic mass is 16.2. The van der Waals surface area contributed by atoms with Gasteiger partial charge in [-0.1, -0.05) is 48.5 Å². The maximum Gasteiger partial charge on any atom is 0.323 e. The largest absolute Gasteiger partial charge is 0.323 e. The number of urea groups is 1. The van der Waals surface area contributed by atoms with Crippen molar-refractivity contribution in [3.63, 3.8) is 0 Å². The predicted octanol–water partition coefficient (Wildman–Crippen LogP) is 3.91. The van der Waals surface area contributed by atoms with Crippen molar-refractivity contribution >= 4 is 34.0 Å². The molecule has 4 rings (SSSR count). The third-order valence-electron chi connectivity index (χ3n) is 5.44. The number of anilines is 2. The van der Waals surface area contributed by atoms with Crippen LogP contribution in [0, 0.1) is 0 Å². The molecule has 30 heavy (non-hydrogen) atoms. The number of benzene rings is 3. The lowest BCUT2D eigenvalue weighted by molar-refractivity contribution is 0.0876. The standard InChI is InChI=1S/C24H26N4O2/c1-27-12-14-28(15-13-27)17-23(29)19-8-4-9-20(16-19)25-24(30)26-22-11-5-7-18-6-2-3-10-21(18)22/h2-11,16H,12-15,17H2,1H3,(H2,25,26,30). The van der Waals surface area contributed by atoms with Gasteiger partial charge in [-0.15, -0.1) is 0 Å². The first-order chi connectivity index (χ1) is 14.6. The summed E-state index contributed by atoms with van der Waals surface area (Å²) in [5.74, 6) is 0.0673. The molecule has 6 heteroatoms. The first-order valence-electron chi connectivity index (χ1n) is 10.2. The highest BCUT2D eigenvalue weighted by Gasteiger charge is 2.17. The fraction of sp³-hybridized carbons (Fsp3) is 0.250. The highest BCUT2D eigenvalue weighted by Crippen LogP contribution is 2.23. The van der Waals surface area contributed by atoms with E-state index in [1.54, 1.807) is 24.3 Å². The first kappa shape index (κ1) is 20.1. The van der Waals surface area contributed by atoms with Crippen LogP contribution >= 0.6 is 0 Å². The topological polar surface area (TPSA) is 64.7 Å². The number of piperazine rings is 1. The SMILES string of the molecule is CN1CCN(CC(=O)c2cccc(NC(=O)Nc3cccc4ccccc34)c2)CC1. The Balaban J connectivity index is 1.40. The number of Topliss-reactive ketones (excluding diaryl/α,β-unsaturated/α-hetero) is 1. The summed E-state index contributed by atoms with van der Waals surface area (Å²) >= 11 is 0. The molecule has 0 unspecified atom stereocenters. The van der Waals surface area contributed by atoms with Crippen molar-refractivity contribution in [1.82, 2.24) is 9.80 Å². The molecule has 0 spiro atoms. The Labute approximate surface area is 176 Å². The maximum atomic E-state index is 12.7. The van der Waals surface area contributed by atoms with Crippen LogP contribution in [0.2, 0.25) is 0 Å². The van der Waals surface area contributed by atoms with Gasteiger partial charge in [-0.25, -0.2) is 4.79 Å². The maximum absolute atomic E-state index is 12.7. The average molecular weight is 402 g/mol.